The van der Waals surface area contributed by atoms with Crippen molar-refractivity contribution < 1.29 is 19.0 Å². The summed E-state index contributed by atoms with van der Waals surface area (Å²) >= 11 is 0. The maximum atomic E-state index is 12.8. The van der Waals surface area contributed by atoms with Crippen molar-refractivity contribution in [2.24, 2.45) is 0 Å². The summed E-state index contributed by atoms with van der Waals surface area (Å²) in [5, 5.41) is 14.4. The highest BCUT2D eigenvalue weighted by atomic mass is 19.1. The predicted octanol–water partition coefficient (Wildman–Crippen LogP) is 2.76. The lowest BCUT2D eigenvalue weighted by Crippen LogP contribution is -2.43. The molecule has 0 saturated heterocycles. The number of amides is 2. The van der Waals surface area contributed by atoms with Crippen LogP contribution in [0.1, 0.15) is 12.5 Å². The number of ether oxygens (including phenoxy) is 1. The zero-order valence-electron chi connectivity index (χ0n) is 12.0. The Bertz CT molecular complexity index is 614. The van der Waals surface area contributed by atoms with E-state index in [2.05, 4.69) is 10.6 Å². The van der Waals surface area contributed by atoms with E-state index in [1.807, 2.05) is 0 Å². The Hall–Kier alpha value is -2.76. The van der Waals surface area contributed by atoms with E-state index >= 15 is 0 Å². The molecule has 0 bridgehead atoms. The van der Waals surface area contributed by atoms with Gasteiger partial charge in [-0.05, 0) is 48.9 Å². The summed E-state index contributed by atoms with van der Waals surface area (Å²) in [6.07, 6.45) is -0.544. The molecule has 2 aromatic rings. The monoisotopic (exact) mass is 304 g/mol. The number of benzene rings is 2. The third kappa shape index (κ3) is 4.97. The molecular weight excluding hydrogens is 287 g/mol. The lowest BCUT2D eigenvalue weighted by molar-refractivity contribution is 0.177. The van der Waals surface area contributed by atoms with Gasteiger partial charge in [0, 0.05) is 6.54 Å². The number of urea groups is 1. The largest absolute Gasteiger partial charge is 0.508 e. The highest BCUT2D eigenvalue weighted by Gasteiger charge is 2.08. The van der Waals surface area contributed by atoms with Crippen LogP contribution in [0.15, 0.2) is 48.5 Å². The number of aromatic hydroxyl groups is 1. The minimum absolute atomic E-state index is 0.144. The minimum atomic E-state index is -0.544. The van der Waals surface area contributed by atoms with Crippen LogP contribution in [0.3, 0.4) is 0 Å². The fraction of sp³-hybridized carbons (Fsp3) is 0.188. The molecule has 0 spiro atoms. The van der Waals surface area contributed by atoms with Crippen molar-refractivity contribution in [1.82, 2.24) is 10.6 Å². The topological polar surface area (TPSA) is 70.6 Å². The minimum Gasteiger partial charge on any atom is -0.508 e. The van der Waals surface area contributed by atoms with E-state index in [-0.39, 0.29) is 18.1 Å². The zero-order chi connectivity index (χ0) is 15.9. The molecule has 0 aliphatic heterocycles. The van der Waals surface area contributed by atoms with Crippen LogP contribution in [0.2, 0.25) is 0 Å². The lowest BCUT2D eigenvalue weighted by Gasteiger charge is -2.16. The molecule has 0 fully saturated rings. The Balaban J connectivity index is 1.76. The molecule has 2 aromatic carbocycles. The van der Waals surface area contributed by atoms with Crippen LogP contribution in [0.25, 0.3) is 0 Å². The Labute approximate surface area is 127 Å². The fourth-order valence-electron chi connectivity index (χ4n) is 1.78. The molecule has 5 nitrogen and oxygen atoms in total. The molecule has 1 unspecified atom stereocenters. The zero-order valence-corrected chi connectivity index (χ0v) is 12.0. The molecule has 0 aliphatic carbocycles. The molecule has 6 heteroatoms. The van der Waals surface area contributed by atoms with Crippen molar-refractivity contribution in [2.75, 3.05) is 0 Å². The predicted molar refractivity (Wildman–Crippen MR) is 80.0 cm³/mol. The van der Waals surface area contributed by atoms with Crippen molar-refractivity contribution in [3.05, 3.63) is 59.9 Å². The molecule has 0 radical (unpaired) electrons. The van der Waals surface area contributed by atoms with Crippen LogP contribution in [0.4, 0.5) is 9.18 Å². The van der Waals surface area contributed by atoms with Gasteiger partial charge in [0.2, 0.25) is 0 Å². The van der Waals surface area contributed by atoms with Crippen molar-refractivity contribution in [3.8, 4) is 11.5 Å². The summed E-state index contributed by atoms with van der Waals surface area (Å²) in [7, 11) is 0. The van der Waals surface area contributed by atoms with Crippen LogP contribution in [-0.2, 0) is 6.54 Å². The summed E-state index contributed by atoms with van der Waals surface area (Å²) in [4.78, 5) is 11.7. The number of hydrogen-bond acceptors (Lipinski definition) is 3. The van der Waals surface area contributed by atoms with Crippen molar-refractivity contribution in [2.45, 2.75) is 19.7 Å². The molecule has 0 heterocycles. The van der Waals surface area contributed by atoms with Gasteiger partial charge in [-0.2, -0.15) is 0 Å². The van der Waals surface area contributed by atoms with Crippen LogP contribution in [0.5, 0.6) is 11.5 Å². The van der Waals surface area contributed by atoms with Crippen LogP contribution in [-0.4, -0.2) is 17.4 Å². The van der Waals surface area contributed by atoms with E-state index in [1.54, 1.807) is 31.2 Å². The SMILES string of the molecule is CC(NC(=O)NCc1ccc(F)cc1)Oc1ccc(O)cc1. The Morgan fingerprint density at radius 3 is 2.45 bits per heavy atom. The van der Waals surface area contributed by atoms with E-state index < -0.39 is 12.3 Å². The van der Waals surface area contributed by atoms with Crippen LogP contribution < -0.4 is 15.4 Å². The summed E-state index contributed by atoms with van der Waals surface area (Å²) in [6.45, 7) is 1.97. The first-order valence-corrected chi connectivity index (χ1v) is 6.77. The normalized spacial score (nSPS) is 11.5. The Kier molecular flexibility index (Phi) is 5.19. The average Bonchev–Trinajstić information content (AvgIpc) is 2.49. The van der Waals surface area contributed by atoms with Crippen LogP contribution in [0, 0.1) is 5.82 Å². The molecule has 116 valence electrons. The molecule has 1 atom stereocenters. The standard InChI is InChI=1S/C16H17FN2O3/c1-11(22-15-8-6-14(20)7-9-15)19-16(21)18-10-12-2-4-13(17)5-3-12/h2-9,11,20H,10H2,1H3,(H2,18,19,21). The van der Waals surface area contributed by atoms with Gasteiger partial charge in [-0.1, -0.05) is 12.1 Å². The van der Waals surface area contributed by atoms with Gasteiger partial charge in [0.1, 0.15) is 17.3 Å². The van der Waals surface area contributed by atoms with Gasteiger partial charge in [0.15, 0.2) is 6.23 Å². The second kappa shape index (κ2) is 7.31. The van der Waals surface area contributed by atoms with Gasteiger partial charge in [0.25, 0.3) is 0 Å². The van der Waals surface area contributed by atoms with Gasteiger partial charge in [0.05, 0.1) is 0 Å². The summed E-state index contributed by atoms with van der Waals surface area (Å²) in [6, 6.07) is 11.7. The number of phenolic OH excluding ortho intramolecular Hbond substituents is 1. The quantitative estimate of drug-likeness (QED) is 0.744. The number of phenols is 1. The number of rotatable bonds is 5. The van der Waals surface area contributed by atoms with Gasteiger partial charge >= 0.3 is 6.03 Å². The molecule has 2 rings (SSSR count). The van der Waals surface area contributed by atoms with Crippen molar-refractivity contribution >= 4 is 6.03 Å². The second-order valence-electron chi connectivity index (χ2n) is 4.71. The Morgan fingerprint density at radius 2 is 1.82 bits per heavy atom. The van der Waals surface area contributed by atoms with Crippen LogP contribution >= 0.6 is 0 Å². The number of hydrogen-bond donors (Lipinski definition) is 3. The maximum Gasteiger partial charge on any atom is 0.317 e. The number of nitrogens with one attached hydrogen (secondary N) is 2. The Morgan fingerprint density at radius 1 is 1.18 bits per heavy atom. The first-order chi connectivity index (χ1) is 10.5. The van der Waals surface area contributed by atoms with Gasteiger partial charge in [-0.15, -0.1) is 0 Å². The first-order valence-electron chi connectivity index (χ1n) is 6.77. The summed E-state index contributed by atoms with van der Waals surface area (Å²) in [5.41, 5.74) is 0.795. The third-order valence-corrected chi connectivity index (χ3v) is 2.85. The number of halogens is 1. The van der Waals surface area contributed by atoms with Gasteiger partial charge in [-0.3, -0.25) is 0 Å². The van der Waals surface area contributed by atoms with Gasteiger partial charge < -0.3 is 20.5 Å². The van der Waals surface area contributed by atoms with Crippen molar-refractivity contribution in [1.29, 1.82) is 0 Å². The highest BCUT2D eigenvalue weighted by molar-refractivity contribution is 5.74. The molecular formula is C16H17FN2O3. The van der Waals surface area contributed by atoms with E-state index in [0.29, 0.717) is 5.75 Å². The van der Waals surface area contributed by atoms with E-state index in [4.69, 9.17) is 4.74 Å². The van der Waals surface area contributed by atoms with Gasteiger partial charge in [-0.25, -0.2) is 9.18 Å². The molecule has 3 N–H and O–H groups in total. The lowest BCUT2D eigenvalue weighted by atomic mass is 10.2. The summed E-state index contributed by atoms with van der Waals surface area (Å²) < 4.78 is 18.2. The molecule has 2 amide bonds. The average molecular weight is 304 g/mol. The van der Waals surface area contributed by atoms with E-state index in [9.17, 15) is 14.3 Å². The number of carbonyl (C=O) groups is 1. The summed E-state index contributed by atoms with van der Waals surface area (Å²) in [5.74, 6) is 0.359. The molecule has 22 heavy (non-hydrogen) atoms. The third-order valence-electron chi connectivity index (χ3n) is 2.85. The van der Waals surface area contributed by atoms with E-state index in [0.717, 1.165) is 5.56 Å². The molecule has 0 aromatic heterocycles. The molecule has 0 saturated carbocycles. The second-order valence-corrected chi connectivity index (χ2v) is 4.71. The first kappa shape index (κ1) is 15.6. The fourth-order valence-corrected chi connectivity index (χ4v) is 1.78. The number of carbonyl (C=O) groups excluding carboxylic acids is 1. The molecule has 0 aliphatic rings. The van der Waals surface area contributed by atoms with E-state index in [1.165, 1.54) is 24.3 Å². The smallest absolute Gasteiger partial charge is 0.317 e. The maximum absolute atomic E-state index is 12.8. The highest BCUT2D eigenvalue weighted by Crippen LogP contribution is 2.16. The van der Waals surface area contributed by atoms with Crippen molar-refractivity contribution in [3.63, 3.8) is 0 Å².